The second kappa shape index (κ2) is 19.2. The highest BCUT2D eigenvalue weighted by atomic mass is 79.9. The normalized spacial score (nSPS) is 11.1. The van der Waals surface area contributed by atoms with Gasteiger partial charge in [-0.2, -0.15) is 0 Å². The van der Waals surface area contributed by atoms with Crippen molar-refractivity contribution in [3.63, 3.8) is 0 Å². The lowest BCUT2D eigenvalue weighted by Crippen LogP contribution is -2.03. The Morgan fingerprint density at radius 3 is 0.676 bits per heavy atom. The lowest BCUT2D eigenvalue weighted by molar-refractivity contribution is 1.50. The summed E-state index contributed by atoms with van der Waals surface area (Å²) >= 11 is 10.6. The van der Waals surface area contributed by atoms with Crippen molar-refractivity contribution in [3.8, 4) is 111 Å². The topological polar surface area (TPSA) is 0 Å². The zero-order valence-electron chi connectivity index (χ0n) is 37.2. The molecule has 0 nitrogen and oxygen atoms in total. The van der Waals surface area contributed by atoms with E-state index in [1.165, 1.54) is 0 Å². The van der Waals surface area contributed by atoms with Gasteiger partial charge in [0.2, 0.25) is 0 Å². The summed E-state index contributed by atoms with van der Waals surface area (Å²) in [7, 11) is 0. The molecule has 0 saturated heterocycles. The summed E-state index contributed by atoms with van der Waals surface area (Å²) in [6, 6.07) is 96.6. The van der Waals surface area contributed by atoms with Gasteiger partial charge < -0.3 is 0 Å². The largest absolute Gasteiger partial charge is 0.0843 e. The van der Waals surface area contributed by atoms with Crippen LogP contribution in [-0.4, -0.2) is 0 Å². The maximum atomic E-state index is 6.81. The van der Waals surface area contributed by atoms with Crippen LogP contribution in [0.15, 0.2) is 271 Å². The molecule has 322 valence electrons. The number of benzene rings is 11. The predicted molar refractivity (Wildman–Crippen MR) is 294 cm³/mol. The number of hydrogen-bond acceptors (Lipinski definition) is 0. The third-order valence-electron chi connectivity index (χ3n) is 12.8. The minimum atomic E-state index is 0.686. The van der Waals surface area contributed by atoms with E-state index in [9.17, 15) is 0 Å². The maximum Gasteiger partial charge on any atom is 0.0406 e. The fourth-order valence-corrected chi connectivity index (χ4v) is 10.0. The lowest BCUT2D eigenvalue weighted by Gasteiger charge is -2.29. The highest BCUT2D eigenvalue weighted by Crippen LogP contribution is 2.57. The van der Waals surface area contributed by atoms with E-state index >= 15 is 0 Å². The second-order valence-corrected chi connectivity index (χ2v) is 18.4. The van der Waals surface area contributed by atoms with E-state index in [0.29, 0.717) is 5.02 Å². The molecular formula is C66H44BrCl. The van der Waals surface area contributed by atoms with Crippen molar-refractivity contribution in [2.75, 3.05) is 0 Å². The van der Waals surface area contributed by atoms with Gasteiger partial charge in [0.15, 0.2) is 0 Å². The van der Waals surface area contributed by atoms with Crippen LogP contribution in [0.4, 0.5) is 0 Å². The Labute approximate surface area is 412 Å². The molecule has 0 aromatic heterocycles. The van der Waals surface area contributed by atoms with Crippen LogP contribution in [0.5, 0.6) is 0 Å². The summed E-state index contributed by atoms with van der Waals surface area (Å²) in [4.78, 5) is 0. The first-order valence-electron chi connectivity index (χ1n) is 22.9. The number of rotatable bonds is 10. The van der Waals surface area contributed by atoms with Crippen LogP contribution in [-0.2, 0) is 0 Å². The Hall–Kier alpha value is -7.81. The van der Waals surface area contributed by atoms with E-state index in [4.69, 9.17) is 11.6 Å². The van der Waals surface area contributed by atoms with Gasteiger partial charge in [-0.3, -0.25) is 0 Å². The summed E-state index contributed by atoms with van der Waals surface area (Å²) in [6.07, 6.45) is 0. The van der Waals surface area contributed by atoms with Crippen molar-refractivity contribution in [2.24, 2.45) is 0 Å². The van der Waals surface area contributed by atoms with Crippen molar-refractivity contribution in [1.82, 2.24) is 0 Å². The van der Waals surface area contributed by atoms with Gasteiger partial charge in [0.1, 0.15) is 0 Å². The van der Waals surface area contributed by atoms with Gasteiger partial charge in [0, 0.05) is 9.50 Å². The first-order valence-corrected chi connectivity index (χ1v) is 24.1. The van der Waals surface area contributed by atoms with Crippen molar-refractivity contribution < 1.29 is 0 Å². The molecule has 11 aromatic carbocycles. The van der Waals surface area contributed by atoms with Gasteiger partial charge >= 0.3 is 0 Å². The Kier molecular flexibility index (Phi) is 12.1. The quantitative estimate of drug-likeness (QED) is 0.128. The fourth-order valence-electron chi connectivity index (χ4n) is 9.66. The summed E-state index contributed by atoms with van der Waals surface area (Å²) in [5.41, 5.74) is 22.6. The maximum absolute atomic E-state index is 6.81. The molecule has 11 aromatic rings. The zero-order valence-corrected chi connectivity index (χ0v) is 39.5. The standard InChI is InChI=1S/C66H44BrCl/c67-59-35-31-51(32-36-59)63-64(52-33-37-60(68)38-34-52)66(58-43-55(47-23-11-3-12-24-47)40-56(44-58)48-25-13-4-14-26-48)62(50-29-17-6-18-30-50)61(49-27-15-5-16-28-49)65(63)57-41-53(45-19-7-1-8-20-45)39-54(42-57)46-21-9-2-10-22-46/h1-44H. The Balaban J connectivity index is 1.40. The monoisotopic (exact) mass is 950 g/mol. The van der Waals surface area contributed by atoms with Gasteiger partial charge in [0.25, 0.3) is 0 Å². The Morgan fingerprint density at radius 2 is 0.397 bits per heavy atom. The molecule has 0 amide bonds. The van der Waals surface area contributed by atoms with Gasteiger partial charge in [-0.15, -0.1) is 0 Å². The highest BCUT2D eigenvalue weighted by Gasteiger charge is 2.30. The molecule has 0 bridgehead atoms. The summed E-state index contributed by atoms with van der Waals surface area (Å²) in [5, 5.41) is 0.686. The molecule has 0 aliphatic rings. The molecule has 0 radical (unpaired) electrons. The summed E-state index contributed by atoms with van der Waals surface area (Å²) in [6.45, 7) is 0. The third-order valence-corrected chi connectivity index (χ3v) is 13.5. The fraction of sp³-hybridized carbons (Fsp3) is 0. The molecule has 68 heavy (non-hydrogen) atoms. The Morgan fingerprint density at radius 1 is 0.191 bits per heavy atom. The average Bonchev–Trinajstić information content (AvgIpc) is 3.42. The molecular weight excluding hydrogens is 908 g/mol. The van der Waals surface area contributed by atoms with Gasteiger partial charge in [-0.1, -0.05) is 234 Å². The zero-order chi connectivity index (χ0) is 45.8. The second-order valence-electron chi connectivity index (χ2n) is 17.1. The van der Waals surface area contributed by atoms with Crippen LogP contribution in [0.1, 0.15) is 0 Å². The SMILES string of the molecule is Clc1ccc(-c2c(-c3ccc(Br)cc3)c(-c3cc(-c4ccccc4)cc(-c4ccccc4)c3)c(-c3ccccc3)c(-c3ccccc3)c2-c2cc(-c3ccccc3)cc(-c3ccccc3)c2)cc1. The molecule has 0 saturated carbocycles. The Bertz CT molecular complexity index is 3140. The summed E-state index contributed by atoms with van der Waals surface area (Å²) in [5.74, 6) is 0. The van der Waals surface area contributed by atoms with Crippen LogP contribution in [0.25, 0.3) is 111 Å². The molecule has 0 atom stereocenters. The van der Waals surface area contributed by atoms with Crippen LogP contribution >= 0.6 is 27.5 Å². The van der Waals surface area contributed by atoms with Gasteiger partial charge in [0.05, 0.1) is 0 Å². The van der Waals surface area contributed by atoms with Gasteiger partial charge in [-0.25, -0.2) is 0 Å². The predicted octanol–water partition coefficient (Wildman–Crippen LogP) is 19.8. The summed E-state index contributed by atoms with van der Waals surface area (Å²) < 4.78 is 1.01. The van der Waals surface area contributed by atoms with Crippen molar-refractivity contribution >= 4 is 27.5 Å². The molecule has 0 unspecified atom stereocenters. The molecule has 2 heteroatoms. The van der Waals surface area contributed by atoms with Crippen LogP contribution in [0, 0.1) is 0 Å². The van der Waals surface area contributed by atoms with Crippen LogP contribution < -0.4 is 0 Å². The minimum Gasteiger partial charge on any atom is -0.0843 e. The molecule has 11 rings (SSSR count). The van der Waals surface area contributed by atoms with E-state index in [0.717, 1.165) is 116 Å². The lowest BCUT2D eigenvalue weighted by atomic mass is 9.73. The van der Waals surface area contributed by atoms with E-state index in [2.05, 4.69) is 271 Å². The average molecular weight is 952 g/mol. The molecule has 0 spiro atoms. The van der Waals surface area contributed by atoms with Crippen molar-refractivity contribution in [1.29, 1.82) is 0 Å². The van der Waals surface area contributed by atoms with Crippen molar-refractivity contribution in [3.05, 3.63) is 276 Å². The smallest absolute Gasteiger partial charge is 0.0406 e. The molecule has 0 aliphatic carbocycles. The van der Waals surface area contributed by atoms with Crippen LogP contribution in [0.2, 0.25) is 5.02 Å². The van der Waals surface area contributed by atoms with E-state index in [-0.39, 0.29) is 0 Å². The third kappa shape index (κ3) is 8.67. The molecule has 0 fully saturated rings. The van der Waals surface area contributed by atoms with E-state index in [1.54, 1.807) is 0 Å². The highest BCUT2D eigenvalue weighted by molar-refractivity contribution is 9.10. The number of hydrogen-bond donors (Lipinski definition) is 0. The molecule has 0 heterocycles. The first kappa shape index (κ1) is 42.8. The van der Waals surface area contributed by atoms with E-state index in [1.807, 2.05) is 12.1 Å². The van der Waals surface area contributed by atoms with Gasteiger partial charge in [-0.05, 0) is 172 Å². The molecule has 0 N–H and O–H groups in total. The minimum absolute atomic E-state index is 0.686. The van der Waals surface area contributed by atoms with Crippen LogP contribution in [0.3, 0.4) is 0 Å². The number of halogens is 2. The first-order chi connectivity index (χ1) is 33.6. The molecule has 0 aliphatic heterocycles. The van der Waals surface area contributed by atoms with E-state index < -0.39 is 0 Å². The van der Waals surface area contributed by atoms with Crippen molar-refractivity contribution in [2.45, 2.75) is 0 Å².